The van der Waals surface area contributed by atoms with Gasteiger partial charge in [0, 0.05) is 4.32 Å². The normalized spacial score (nSPS) is 37.1. The van der Waals surface area contributed by atoms with Crippen molar-refractivity contribution in [3.63, 3.8) is 0 Å². The molecule has 0 aliphatic heterocycles. The number of halogens is 1. The summed E-state index contributed by atoms with van der Waals surface area (Å²) >= 11 is 3.95. The number of rotatable bonds is 6. The van der Waals surface area contributed by atoms with Crippen LogP contribution < -0.4 is 5.32 Å². The van der Waals surface area contributed by atoms with E-state index in [-0.39, 0.29) is 28.2 Å². The zero-order valence-electron chi connectivity index (χ0n) is 15.9. The number of hydrogen-bond acceptors (Lipinski definition) is 4. The van der Waals surface area contributed by atoms with E-state index >= 15 is 0 Å². The van der Waals surface area contributed by atoms with Crippen LogP contribution in [-0.4, -0.2) is 28.3 Å². The third kappa shape index (κ3) is 3.93. The SMILES string of the molecule is CC(C)[C@@](C)(C#N)NC(=O)COC(=O)CC12C[C@@H]3C[C@@H](CC(Br)(C3)C1)C2. The van der Waals surface area contributed by atoms with E-state index in [0.29, 0.717) is 18.3 Å². The first-order chi connectivity index (χ1) is 12.1. The largest absolute Gasteiger partial charge is 0.456 e. The Kier molecular flexibility index (Phi) is 5.16. The van der Waals surface area contributed by atoms with Gasteiger partial charge in [0.05, 0.1) is 12.5 Å². The number of esters is 1. The highest BCUT2D eigenvalue weighted by molar-refractivity contribution is 9.10. The molecule has 0 spiro atoms. The van der Waals surface area contributed by atoms with Gasteiger partial charge < -0.3 is 10.1 Å². The molecule has 6 heteroatoms. The topological polar surface area (TPSA) is 79.2 Å². The fraction of sp³-hybridized carbons (Fsp3) is 0.850. The second kappa shape index (κ2) is 6.82. The van der Waals surface area contributed by atoms with Gasteiger partial charge in [-0.3, -0.25) is 9.59 Å². The summed E-state index contributed by atoms with van der Waals surface area (Å²) in [6.45, 7) is 5.12. The van der Waals surface area contributed by atoms with Gasteiger partial charge in [-0.1, -0.05) is 29.8 Å². The number of carbonyl (C=O) groups is 2. The summed E-state index contributed by atoms with van der Waals surface area (Å²) in [5, 5.41) is 12.0. The molecule has 2 unspecified atom stereocenters. The van der Waals surface area contributed by atoms with Gasteiger partial charge in [0.2, 0.25) is 0 Å². The molecule has 4 bridgehead atoms. The predicted molar refractivity (Wildman–Crippen MR) is 101 cm³/mol. The molecule has 5 atom stereocenters. The van der Waals surface area contributed by atoms with Crippen LogP contribution in [0.3, 0.4) is 0 Å². The standard InChI is InChI=1S/C20H29BrN2O3/c1-13(2)18(3,12-22)23-16(24)10-26-17(25)9-19-5-14-4-15(6-19)8-20(21,7-14)11-19/h13-15H,4-11H2,1-3H3,(H,23,24)/t14-,15+,18-,19?,20?/m1/s1. The molecule has 144 valence electrons. The fourth-order valence-electron chi connectivity index (χ4n) is 5.67. The number of carbonyl (C=O) groups excluding carboxylic acids is 2. The Hall–Kier alpha value is -1.09. The van der Waals surface area contributed by atoms with E-state index < -0.39 is 11.4 Å². The van der Waals surface area contributed by atoms with Gasteiger partial charge in [-0.05, 0) is 68.6 Å². The van der Waals surface area contributed by atoms with Crippen LogP contribution in [0.4, 0.5) is 0 Å². The van der Waals surface area contributed by atoms with E-state index in [4.69, 9.17) is 4.74 Å². The van der Waals surface area contributed by atoms with Crippen molar-refractivity contribution in [3.05, 3.63) is 0 Å². The Morgan fingerprint density at radius 1 is 1.31 bits per heavy atom. The molecule has 0 saturated heterocycles. The lowest BCUT2D eigenvalue weighted by Crippen LogP contribution is -2.53. The van der Waals surface area contributed by atoms with Gasteiger partial charge >= 0.3 is 5.97 Å². The van der Waals surface area contributed by atoms with Crippen LogP contribution in [0, 0.1) is 34.5 Å². The first kappa shape index (κ1) is 19.7. The summed E-state index contributed by atoms with van der Waals surface area (Å²) in [6.07, 6.45) is 7.41. The summed E-state index contributed by atoms with van der Waals surface area (Å²) in [4.78, 5) is 24.5. The van der Waals surface area contributed by atoms with E-state index in [1.165, 1.54) is 19.3 Å². The average Bonchev–Trinajstić information content (AvgIpc) is 2.49. The smallest absolute Gasteiger partial charge is 0.306 e. The molecular weight excluding hydrogens is 396 g/mol. The molecule has 4 aliphatic rings. The monoisotopic (exact) mass is 424 g/mol. The highest BCUT2D eigenvalue weighted by Crippen LogP contribution is 2.65. The molecule has 4 aliphatic carbocycles. The lowest BCUT2D eigenvalue weighted by Gasteiger charge is -2.60. The average molecular weight is 425 g/mol. The number of hydrogen-bond donors (Lipinski definition) is 1. The van der Waals surface area contributed by atoms with E-state index in [1.54, 1.807) is 6.92 Å². The minimum atomic E-state index is -0.953. The Labute approximate surface area is 164 Å². The van der Waals surface area contributed by atoms with Gasteiger partial charge in [-0.25, -0.2) is 0 Å². The Bertz CT molecular complexity index is 627. The second-order valence-corrected chi connectivity index (χ2v) is 11.1. The van der Waals surface area contributed by atoms with Gasteiger partial charge in [-0.15, -0.1) is 0 Å². The molecule has 0 radical (unpaired) electrons. The van der Waals surface area contributed by atoms with Gasteiger partial charge in [0.15, 0.2) is 6.61 Å². The molecule has 26 heavy (non-hydrogen) atoms. The van der Waals surface area contributed by atoms with E-state index in [2.05, 4.69) is 27.3 Å². The highest BCUT2D eigenvalue weighted by Gasteiger charge is 2.57. The van der Waals surface area contributed by atoms with Crippen molar-refractivity contribution in [2.45, 2.75) is 75.6 Å². The van der Waals surface area contributed by atoms with E-state index in [9.17, 15) is 14.9 Å². The lowest BCUT2D eigenvalue weighted by molar-refractivity contribution is -0.155. The molecule has 4 fully saturated rings. The maximum atomic E-state index is 12.4. The third-order valence-corrected chi connectivity index (χ3v) is 7.71. The minimum Gasteiger partial charge on any atom is -0.456 e. The van der Waals surface area contributed by atoms with Crippen molar-refractivity contribution in [3.8, 4) is 6.07 Å². The van der Waals surface area contributed by atoms with E-state index in [0.717, 1.165) is 19.3 Å². The van der Waals surface area contributed by atoms with Crippen molar-refractivity contribution < 1.29 is 14.3 Å². The number of ether oxygens (including phenoxy) is 1. The predicted octanol–water partition coefficient (Wildman–Crippen LogP) is 3.71. The van der Waals surface area contributed by atoms with Crippen molar-refractivity contribution in [2.75, 3.05) is 6.61 Å². The summed E-state index contributed by atoms with van der Waals surface area (Å²) in [7, 11) is 0. The lowest BCUT2D eigenvalue weighted by atomic mass is 9.49. The summed E-state index contributed by atoms with van der Waals surface area (Å²) in [5.41, 5.74) is -0.911. The van der Waals surface area contributed by atoms with E-state index in [1.807, 2.05) is 13.8 Å². The maximum Gasteiger partial charge on any atom is 0.306 e. The quantitative estimate of drug-likeness (QED) is 0.520. The maximum absolute atomic E-state index is 12.4. The van der Waals surface area contributed by atoms with Crippen LogP contribution in [0.1, 0.15) is 65.7 Å². The minimum absolute atomic E-state index is 0.0331. The summed E-state index contributed by atoms with van der Waals surface area (Å²) in [6, 6.07) is 2.13. The number of nitrogens with one attached hydrogen (secondary N) is 1. The van der Waals surface area contributed by atoms with Gasteiger partial charge in [0.1, 0.15) is 5.54 Å². The van der Waals surface area contributed by atoms with Gasteiger partial charge in [-0.2, -0.15) is 5.26 Å². The highest BCUT2D eigenvalue weighted by atomic mass is 79.9. The van der Waals surface area contributed by atoms with Crippen LogP contribution >= 0.6 is 15.9 Å². The van der Waals surface area contributed by atoms with Crippen molar-refractivity contribution >= 4 is 27.8 Å². The Morgan fingerprint density at radius 2 is 1.92 bits per heavy atom. The fourth-order valence-corrected chi connectivity index (χ4v) is 7.18. The van der Waals surface area contributed by atoms with Crippen molar-refractivity contribution in [1.82, 2.24) is 5.32 Å². The molecule has 1 amide bonds. The first-order valence-electron chi connectivity index (χ1n) is 9.64. The van der Waals surface area contributed by atoms with Crippen molar-refractivity contribution in [1.29, 1.82) is 5.26 Å². The Morgan fingerprint density at radius 3 is 2.42 bits per heavy atom. The zero-order chi connectivity index (χ0) is 19.2. The van der Waals surface area contributed by atoms with Crippen LogP contribution in [0.5, 0.6) is 0 Å². The number of nitrogens with zero attached hydrogens (tertiary/aromatic N) is 1. The zero-order valence-corrected chi connectivity index (χ0v) is 17.5. The summed E-state index contributed by atoms with van der Waals surface area (Å²) < 4.78 is 5.48. The molecule has 0 aromatic heterocycles. The molecule has 4 rings (SSSR count). The van der Waals surface area contributed by atoms with Crippen molar-refractivity contribution in [2.24, 2.45) is 23.2 Å². The molecular formula is C20H29BrN2O3. The molecule has 0 heterocycles. The number of nitriles is 1. The first-order valence-corrected chi connectivity index (χ1v) is 10.4. The van der Waals surface area contributed by atoms with Crippen LogP contribution in [0.2, 0.25) is 0 Å². The molecule has 5 nitrogen and oxygen atoms in total. The number of amides is 1. The van der Waals surface area contributed by atoms with Crippen LogP contribution in [-0.2, 0) is 14.3 Å². The summed E-state index contributed by atoms with van der Waals surface area (Å²) in [5.74, 6) is 0.692. The van der Waals surface area contributed by atoms with Crippen LogP contribution in [0.15, 0.2) is 0 Å². The second-order valence-electron chi connectivity index (χ2n) is 9.47. The molecule has 0 aromatic carbocycles. The number of alkyl halides is 1. The third-order valence-electron chi connectivity index (χ3n) is 6.78. The molecule has 1 N–H and O–H groups in total. The van der Waals surface area contributed by atoms with Crippen LogP contribution in [0.25, 0.3) is 0 Å². The van der Waals surface area contributed by atoms with Gasteiger partial charge in [0.25, 0.3) is 5.91 Å². The molecule has 0 aromatic rings. The molecule has 4 saturated carbocycles. The Balaban J connectivity index is 1.52.